The van der Waals surface area contributed by atoms with Gasteiger partial charge in [0.15, 0.2) is 0 Å². The Bertz CT molecular complexity index is 323. The highest BCUT2D eigenvalue weighted by atomic mass is 16.5. The van der Waals surface area contributed by atoms with Crippen LogP contribution in [0.4, 0.5) is 0 Å². The van der Waals surface area contributed by atoms with E-state index in [0.717, 1.165) is 18.4 Å². The molecule has 1 spiro atoms. The predicted molar refractivity (Wildman–Crippen MR) is 85.5 cm³/mol. The maximum Gasteiger partial charge on any atom is 0.0754 e. The summed E-state index contributed by atoms with van der Waals surface area (Å²) in [6.45, 7) is 0.948. The summed E-state index contributed by atoms with van der Waals surface area (Å²) in [7, 11) is 4.05. The highest BCUT2D eigenvalue weighted by Crippen LogP contribution is 2.46. The van der Waals surface area contributed by atoms with Gasteiger partial charge >= 0.3 is 0 Å². The minimum Gasteiger partial charge on any atom is -0.380 e. The van der Waals surface area contributed by atoms with Crippen LogP contribution in [0, 0.1) is 11.8 Å². The van der Waals surface area contributed by atoms with Crippen molar-refractivity contribution in [3.63, 3.8) is 0 Å². The molecule has 3 aliphatic rings. The van der Waals surface area contributed by atoms with E-state index < -0.39 is 0 Å². The summed E-state index contributed by atoms with van der Waals surface area (Å²) < 4.78 is 12.1. The van der Waals surface area contributed by atoms with Crippen LogP contribution in [0.1, 0.15) is 64.2 Å². The first-order valence-electron chi connectivity index (χ1n) is 9.12. The Morgan fingerprint density at radius 1 is 1.05 bits per heavy atom. The van der Waals surface area contributed by atoms with Crippen LogP contribution in [0.2, 0.25) is 0 Å². The van der Waals surface area contributed by atoms with E-state index in [-0.39, 0.29) is 5.60 Å². The molecule has 122 valence electrons. The molecule has 3 atom stereocenters. The molecule has 0 aromatic rings. The molecule has 3 heteroatoms. The minimum atomic E-state index is 0.239. The van der Waals surface area contributed by atoms with Crippen LogP contribution in [0.25, 0.3) is 0 Å². The number of rotatable bonds is 5. The largest absolute Gasteiger partial charge is 0.380 e. The summed E-state index contributed by atoms with van der Waals surface area (Å²) in [6.07, 6.45) is 13.6. The maximum atomic E-state index is 6.12. The first-order chi connectivity index (χ1) is 10.3. The van der Waals surface area contributed by atoms with E-state index in [1.54, 1.807) is 0 Å². The number of hydrogen-bond acceptors (Lipinski definition) is 3. The van der Waals surface area contributed by atoms with Crippen LogP contribution in [-0.2, 0) is 9.47 Å². The van der Waals surface area contributed by atoms with Gasteiger partial charge in [0.25, 0.3) is 0 Å². The summed E-state index contributed by atoms with van der Waals surface area (Å²) in [5.41, 5.74) is 0.239. The van der Waals surface area contributed by atoms with Gasteiger partial charge < -0.3 is 14.8 Å². The number of nitrogens with one attached hydrogen (secondary N) is 1. The fourth-order valence-electron chi connectivity index (χ4n) is 5.05. The second-order valence-electron chi connectivity index (χ2n) is 7.55. The summed E-state index contributed by atoms with van der Waals surface area (Å²) >= 11 is 0. The van der Waals surface area contributed by atoms with Gasteiger partial charge in [0, 0.05) is 19.8 Å². The lowest BCUT2D eigenvalue weighted by Crippen LogP contribution is -2.54. The second-order valence-corrected chi connectivity index (χ2v) is 7.55. The van der Waals surface area contributed by atoms with E-state index in [9.17, 15) is 0 Å². The lowest BCUT2D eigenvalue weighted by molar-refractivity contribution is -0.154. The van der Waals surface area contributed by atoms with Crippen molar-refractivity contribution in [3.8, 4) is 0 Å². The fourth-order valence-corrected chi connectivity index (χ4v) is 5.05. The third-order valence-electron chi connectivity index (χ3n) is 6.38. The van der Waals surface area contributed by atoms with Crippen molar-refractivity contribution >= 4 is 0 Å². The van der Waals surface area contributed by atoms with Crippen LogP contribution in [-0.4, -0.2) is 38.5 Å². The van der Waals surface area contributed by atoms with Crippen molar-refractivity contribution in [2.45, 2.75) is 82.0 Å². The average Bonchev–Trinajstić information content (AvgIpc) is 2.52. The van der Waals surface area contributed by atoms with Gasteiger partial charge in [-0.25, -0.2) is 0 Å². The number of hydrogen-bond donors (Lipinski definition) is 1. The first-order valence-corrected chi connectivity index (χ1v) is 9.12. The van der Waals surface area contributed by atoms with E-state index in [1.807, 2.05) is 7.11 Å². The third-order valence-corrected chi connectivity index (χ3v) is 6.38. The van der Waals surface area contributed by atoms with Crippen molar-refractivity contribution in [3.05, 3.63) is 0 Å². The number of likely N-dealkylation sites (N-methyl/N-ethyl adjacent to an activating group) is 1. The molecule has 1 heterocycles. The van der Waals surface area contributed by atoms with Gasteiger partial charge in [-0.2, -0.15) is 0 Å². The first kappa shape index (κ1) is 15.8. The van der Waals surface area contributed by atoms with E-state index in [1.165, 1.54) is 64.2 Å². The van der Waals surface area contributed by atoms with Gasteiger partial charge in [0.1, 0.15) is 0 Å². The number of methoxy groups -OCH3 is 1. The Morgan fingerprint density at radius 3 is 2.38 bits per heavy atom. The van der Waals surface area contributed by atoms with Crippen LogP contribution < -0.4 is 5.32 Å². The lowest BCUT2D eigenvalue weighted by atomic mass is 9.68. The average molecular weight is 295 g/mol. The summed E-state index contributed by atoms with van der Waals surface area (Å²) in [6, 6.07) is 0.500. The van der Waals surface area contributed by atoms with Gasteiger partial charge in [-0.15, -0.1) is 0 Å². The molecule has 0 aromatic carbocycles. The Morgan fingerprint density at radius 2 is 1.81 bits per heavy atom. The standard InChI is InChI=1S/C18H33NO2/c1-19-16(17(20-2)14-7-4-3-5-8-14)15-9-12-21-18(13-15)10-6-11-18/h14-17,19H,3-13H2,1-2H3. The maximum absolute atomic E-state index is 6.12. The normalized spacial score (nSPS) is 32.6. The molecular formula is C18H33NO2. The van der Waals surface area contributed by atoms with E-state index in [4.69, 9.17) is 9.47 Å². The van der Waals surface area contributed by atoms with Crippen molar-refractivity contribution in [1.29, 1.82) is 0 Å². The molecule has 2 aliphatic carbocycles. The lowest BCUT2D eigenvalue weighted by Gasteiger charge is -2.50. The molecule has 3 fully saturated rings. The molecule has 21 heavy (non-hydrogen) atoms. The molecular weight excluding hydrogens is 262 g/mol. The van der Waals surface area contributed by atoms with Crippen molar-refractivity contribution in [1.82, 2.24) is 5.32 Å². The summed E-state index contributed by atoms with van der Waals surface area (Å²) in [5, 5.41) is 3.63. The third kappa shape index (κ3) is 3.30. The number of ether oxygens (including phenoxy) is 2. The SMILES string of the molecule is CNC(C1CCOC2(CCC2)C1)C(OC)C1CCCCC1. The van der Waals surface area contributed by atoms with Crippen molar-refractivity contribution in [2.24, 2.45) is 11.8 Å². The molecule has 0 radical (unpaired) electrons. The van der Waals surface area contributed by atoms with Crippen molar-refractivity contribution < 1.29 is 9.47 Å². The topological polar surface area (TPSA) is 30.5 Å². The van der Waals surface area contributed by atoms with Crippen LogP contribution >= 0.6 is 0 Å². The molecule has 3 rings (SSSR count). The van der Waals surface area contributed by atoms with Crippen molar-refractivity contribution in [2.75, 3.05) is 20.8 Å². The Balaban J connectivity index is 1.66. The van der Waals surface area contributed by atoms with Gasteiger partial charge in [-0.3, -0.25) is 0 Å². The van der Waals surface area contributed by atoms with E-state index in [0.29, 0.717) is 12.1 Å². The molecule has 0 aromatic heterocycles. The van der Waals surface area contributed by atoms with Crippen LogP contribution in [0.5, 0.6) is 0 Å². The predicted octanol–water partition coefficient (Wildman–Crippen LogP) is 3.52. The smallest absolute Gasteiger partial charge is 0.0754 e. The highest BCUT2D eigenvalue weighted by Gasteiger charge is 2.46. The zero-order valence-electron chi connectivity index (χ0n) is 13.9. The molecule has 1 saturated heterocycles. The zero-order chi connectivity index (χ0) is 14.7. The minimum absolute atomic E-state index is 0.239. The Labute approximate surface area is 130 Å². The Hall–Kier alpha value is -0.120. The van der Waals surface area contributed by atoms with E-state index in [2.05, 4.69) is 12.4 Å². The van der Waals surface area contributed by atoms with E-state index >= 15 is 0 Å². The molecule has 1 N–H and O–H groups in total. The molecule has 2 saturated carbocycles. The molecule has 3 unspecified atom stereocenters. The zero-order valence-corrected chi connectivity index (χ0v) is 13.9. The molecule has 3 nitrogen and oxygen atoms in total. The van der Waals surface area contributed by atoms with Gasteiger partial charge in [-0.05, 0) is 63.8 Å². The fraction of sp³-hybridized carbons (Fsp3) is 1.00. The van der Waals surface area contributed by atoms with Crippen LogP contribution in [0.15, 0.2) is 0 Å². The van der Waals surface area contributed by atoms with Gasteiger partial charge in [0.05, 0.1) is 11.7 Å². The monoisotopic (exact) mass is 295 g/mol. The van der Waals surface area contributed by atoms with Gasteiger partial charge in [-0.1, -0.05) is 19.3 Å². The second kappa shape index (κ2) is 6.97. The molecule has 0 amide bonds. The highest BCUT2D eigenvalue weighted by molar-refractivity contribution is 4.99. The Kier molecular flexibility index (Phi) is 5.23. The van der Waals surface area contributed by atoms with Gasteiger partial charge in [0.2, 0.25) is 0 Å². The summed E-state index contributed by atoms with van der Waals surface area (Å²) in [5.74, 6) is 1.47. The molecule has 0 bridgehead atoms. The van der Waals surface area contributed by atoms with Crippen LogP contribution in [0.3, 0.4) is 0 Å². The summed E-state index contributed by atoms with van der Waals surface area (Å²) in [4.78, 5) is 0. The molecule has 1 aliphatic heterocycles. The quantitative estimate of drug-likeness (QED) is 0.842.